The molecule has 0 aliphatic heterocycles. The Bertz CT molecular complexity index is 519. The Morgan fingerprint density at radius 3 is 3.00 bits per heavy atom. The summed E-state index contributed by atoms with van der Waals surface area (Å²) < 4.78 is 5.32. The summed E-state index contributed by atoms with van der Waals surface area (Å²) in [7, 11) is 0. The number of aromatic nitrogens is 4. The highest BCUT2D eigenvalue weighted by atomic mass is 16.5. The quantitative estimate of drug-likeness (QED) is 0.762. The first-order valence-corrected chi connectivity index (χ1v) is 5.41. The standard InChI is InChI=1S/C11H12N6O/c12-5-6-18-10-4-2-1-3-9(10)7-13-8-11-14-16-17-15-11/h1-4,13H,6-8H2,(H,14,15,16,17). The fourth-order valence-corrected chi connectivity index (χ4v) is 1.47. The molecule has 0 bridgehead atoms. The Kier molecular flexibility index (Phi) is 4.22. The zero-order valence-electron chi connectivity index (χ0n) is 9.63. The number of nitrogens with zero attached hydrogens (tertiary/aromatic N) is 4. The Balaban J connectivity index is 1.90. The van der Waals surface area contributed by atoms with E-state index in [0.29, 0.717) is 24.7 Å². The topological polar surface area (TPSA) is 99.5 Å². The molecule has 7 nitrogen and oxygen atoms in total. The summed E-state index contributed by atoms with van der Waals surface area (Å²) in [5.74, 6) is 1.31. The van der Waals surface area contributed by atoms with Crippen LogP contribution in [0.2, 0.25) is 0 Å². The predicted octanol–water partition coefficient (Wildman–Crippen LogP) is 0.392. The lowest BCUT2D eigenvalue weighted by atomic mass is 10.2. The molecule has 0 saturated carbocycles. The summed E-state index contributed by atoms with van der Waals surface area (Å²) in [5, 5.41) is 25.2. The van der Waals surface area contributed by atoms with Crippen LogP contribution in [0.3, 0.4) is 0 Å². The van der Waals surface area contributed by atoms with Gasteiger partial charge in [0.2, 0.25) is 0 Å². The van der Waals surface area contributed by atoms with Crippen LogP contribution in [0.5, 0.6) is 5.75 Å². The second-order valence-electron chi connectivity index (χ2n) is 3.49. The SMILES string of the molecule is N#CCOc1ccccc1CNCc1nn[nH]n1. The van der Waals surface area contributed by atoms with Gasteiger partial charge in [-0.25, -0.2) is 0 Å². The van der Waals surface area contributed by atoms with Gasteiger partial charge in [-0.3, -0.25) is 0 Å². The molecule has 0 atom stereocenters. The van der Waals surface area contributed by atoms with Gasteiger partial charge in [-0.2, -0.15) is 10.5 Å². The summed E-state index contributed by atoms with van der Waals surface area (Å²) in [6.45, 7) is 1.17. The molecule has 7 heteroatoms. The van der Waals surface area contributed by atoms with Crippen molar-refractivity contribution in [1.82, 2.24) is 25.9 Å². The molecule has 2 aromatic rings. The van der Waals surface area contributed by atoms with E-state index in [1.165, 1.54) is 0 Å². The van der Waals surface area contributed by atoms with Gasteiger partial charge in [-0.1, -0.05) is 23.4 Å². The van der Waals surface area contributed by atoms with Gasteiger partial charge in [0, 0.05) is 12.1 Å². The van der Waals surface area contributed by atoms with Crippen LogP contribution in [0.15, 0.2) is 24.3 Å². The minimum Gasteiger partial charge on any atom is -0.478 e. The third-order valence-corrected chi connectivity index (χ3v) is 2.25. The average Bonchev–Trinajstić information content (AvgIpc) is 2.91. The van der Waals surface area contributed by atoms with Gasteiger partial charge in [0.05, 0.1) is 6.54 Å². The Hall–Kier alpha value is -2.46. The largest absolute Gasteiger partial charge is 0.478 e. The summed E-state index contributed by atoms with van der Waals surface area (Å²) in [6.07, 6.45) is 0. The number of H-pyrrole nitrogens is 1. The molecule has 0 fully saturated rings. The molecule has 1 aromatic heterocycles. The molecule has 2 N–H and O–H groups in total. The van der Waals surface area contributed by atoms with E-state index in [1.54, 1.807) is 0 Å². The normalized spacial score (nSPS) is 9.94. The predicted molar refractivity (Wildman–Crippen MR) is 62.3 cm³/mol. The van der Waals surface area contributed by atoms with Gasteiger partial charge in [0.25, 0.3) is 0 Å². The number of benzene rings is 1. The molecule has 0 unspecified atom stereocenters. The van der Waals surface area contributed by atoms with Crippen LogP contribution in [0.1, 0.15) is 11.4 Å². The molecule has 0 aliphatic rings. The highest BCUT2D eigenvalue weighted by Gasteiger charge is 2.03. The molecule has 1 heterocycles. The molecular weight excluding hydrogens is 232 g/mol. The second-order valence-corrected chi connectivity index (χ2v) is 3.49. The van der Waals surface area contributed by atoms with Crippen LogP contribution < -0.4 is 10.1 Å². The summed E-state index contributed by atoms with van der Waals surface area (Å²) in [5.41, 5.74) is 0.983. The molecule has 18 heavy (non-hydrogen) atoms. The Morgan fingerprint density at radius 1 is 1.33 bits per heavy atom. The number of hydrogen-bond acceptors (Lipinski definition) is 6. The summed E-state index contributed by atoms with van der Waals surface area (Å²) in [4.78, 5) is 0. The Morgan fingerprint density at radius 2 is 2.22 bits per heavy atom. The van der Waals surface area contributed by atoms with Crippen LogP contribution in [0.4, 0.5) is 0 Å². The van der Waals surface area contributed by atoms with Crippen molar-refractivity contribution < 1.29 is 4.74 Å². The molecule has 0 radical (unpaired) electrons. The molecule has 1 aromatic carbocycles. The van der Waals surface area contributed by atoms with Crippen molar-refractivity contribution in [3.05, 3.63) is 35.7 Å². The minimum absolute atomic E-state index is 0.0435. The van der Waals surface area contributed by atoms with E-state index in [0.717, 1.165) is 5.56 Å². The number of ether oxygens (including phenoxy) is 1. The molecule has 0 aliphatic carbocycles. The van der Waals surface area contributed by atoms with E-state index in [9.17, 15) is 0 Å². The average molecular weight is 244 g/mol. The van der Waals surface area contributed by atoms with E-state index < -0.39 is 0 Å². The monoisotopic (exact) mass is 244 g/mol. The minimum atomic E-state index is 0.0435. The molecule has 2 rings (SSSR count). The van der Waals surface area contributed by atoms with Crippen LogP contribution in [-0.4, -0.2) is 27.2 Å². The molecular formula is C11H12N6O. The third kappa shape index (κ3) is 3.26. The van der Waals surface area contributed by atoms with Crippen molar-refractivity contribution in [2.75, 3.05) is 6.61 Å². The van der Waals surface area contributed by atoms with Gasteiger partial charge >= 0.3 is 0 Å². The number of para-hydroxylation sites is 1. The molecule has 0 spiro atoms. The van der Waals surface area contributed by atoms with E-state index in [4.69, 9.17) is 10.00 Å². The van der Waals surface area contributed by atoms with Gasteiger partial charge < -0.3 is 10.1 Å². The highest BCUT2D eigenvalue weighted by Crippen LogP contribution is 2.17. The number of rotatable bonds is 6. The van der Waals surface area contributed by atoms with E-state index >= 15 is 0 Å². The summed E-state index contributed by atoms with van der Waals surface area (Å²) >= 11 is 0. The Labute approximate surface area is 104 Å². The number of nitriles is 1. The van der Waals surface area contributed by atoms with E-state index in [2.05, 4.69) is 25.9 Å². The maximum Gasteiger partial charge on any atom is 0.188 e. The third-order valence-electron chi connectivity index (χ3n) is 2.25. The number of tetrazole rings is 1. The van der Waals surface area contributed by atoms with Crippen LogP contribution in [-0.2, 0) is 13.1 Å². The number of hydrogen-bond donors (Lipinski definition) is 2. The van der Waals surface area contributed by atoms with Crippen molar-refractivity contribution in [1.29, 1.82) is 5.26 Å². The summed E-state index contributed by atoms with van der Waals surface area (Å²) in [6, 6.07) is 9.51. The first kappa shape index (κ1) is 12.0. The molecule has 92 valence electrons. The zero-order valence-corrected chi connectivity index (χ0v) is 9.63. The highest BCUT2D eigenvalue weighted by molar-refractivity contribution is 5.33. The van der Waals surface area contributed by atoms with Crippen molar-refractivity contribution >= 4 is 0 Å². The fraction of sp³-hybridized carbons (Fsp3) is 0.273. The lowest BCUT2D eigenvalue weighted by molar-refractivity contribution is 0.362. The zero-order chi connectivity index (χ0) is 12.6. The van der Waals surface area contributed by atoms with Gasteiger partial charge in [-0.15, -0.1) is 10.2 Å². The van der Waals surface area contributed by atoms with Gasteiger partial charge in [0.1, 0.15) is 11.8 Å². The maximum atomic E-state index is 8.50. The van der Waals surface area contributed by atoms with Crippen molar-refractivity contribution in [3.63, 3.8) is 0 Å². The molecule has 0 saturated heterocycles. The van der Waals surface area contributed by atoms with Gasteiger partial charge in [0.15, 0.2) is 12.4 Å². The maximum absolute atomic E-state index is 8.50. The molecule has 0 amide bonds. The van der Waals surface area contributed by atoms with Crippen molar-refractivity contribution in [2.45, 2.75) is 13.1 Å². The van der Waals surface area contributed by atoms with Crippen LogP contribution in [0, 0.1) is 11.3 Å². The van der Waals surface area contributed by atoms with E-state index in [-0.39, 0.29) is 6.61 Å². The lowest BCUT2D eigenvalue weighted by Crippen LogP contribution is -2.14. The van der Waals surface area contributed by atoms with Crippen LogP contribution >= 0.6 is 0 Å². The second kappa shape index (κ2) is 6.32. The van der Waals surface area contributed by atoms with Gasteiger partial charge in [-0.05, 0) is 6.07 Å². The van der Waals surface area contributed by atoms with Crippen molar-refractivity contribution in [3.8, 4) is 11.8 Å². The first-order valence-electron chi connectivity index (χ1n) is 5.41. The first-order chi connectivity index (χ1) is 8.90. The smallest absolute Gasteiger partial charge is 0.188 e. The lowest BCUT2D eigenvalue weighted by Gasteiger charge is -2.09. The van der Waals surface area contributed by atoms with Crippen LogP contribution in [0.25, 0.3) is 0 Å². The number of aromatic amines is 1. The fourth-order valence-electron chi connectivity index (χ4n) is 1.47. The number of nitrogens with one attached hydrogen (secondary N) is 2. The van der Waals surface area contributed by atoms with E-state index in [1.807, 2.05) is 30.3 Å². The van der Waals surface area contributed by atoms with Crippen molar-refractivity contribution in [2.24, 2.45) is 0 Å².